The van der Waals surface area contributed by atoms with Crippen LogP contribution < -0.4 is 0 Å². The van der Waals surface area contributed by atoms with Crippen molar-refractivity contribution in [3.8, 4) is 0 Å². The van der Waals surface area contributed by atoms with Crippen molar-refractivity contribution in [1.82, 2.24) is 19.9 Å². The van der Waals surface area contributed by atoms with Gasteiger partial charge < -0.3 is 10.0 Å². The molecule has 0 aliphatic heterocycles. The molecule has 0 saturated heterocycles. The summed E-state index contributed by atoms with van der Waals surface area (Å²) < 4.78 is 1.56. The first-order chi connectivity index (χ1) is 8.16. The number of hydrogen-bond donors (Lipinski definition) is 1. The van der Waals surface area contributed by atoms with Gasteiger partial charge in [0.05, 0.1) is 12.7 Å². The molecule has 1 saturated carbocycles. The SMILES string of the molecule is O=C(O)CN(C(=O)CCn1ccnn1)C1CC1. The van der Waals surface area contributed by atoms with Gasteiger partial charge in [0.2, 0.25) is 5.91 Å². The van der Waals surface area contributed by atoms with Crippen LogP contribution in [0.5, 0.6) is 0 Å². The zero-order valence-corrected chi connectivity index (χ0v) is 9.32. The van der Waals surface area contributed by atoms with Crippen molar-refractivity contribution >= 4 is 11.9 Å². The Balaban J connectivity index is 1.85. The molecule has 1 aliphatic carbocycles. The second-order valence-electron chi connectivity index (χ2n) is 4.06. The van der Waals surface area contributed by atoms with Crippen LogP contribution in [0.25, 0.3) is 0 Å². The highest BCUT2D eigenvalue weighted by atomic mass is 16.4. The molecule has 92 valence electrons. The van der Waals surface area contributed by atoms with E-state index < -0.39 is 5.97 Å². The largest absolute Gasteiger partial charge is 0.480 e. The maximum atomic E-state index is 11.9. The predicted octanol–water partition coefficient (Wildman–Crippen LogP) is -0.256. The molecule has 0 unspecified atom stereocenters. The Morgan fingerprint density at radius 3 is 2.76 bits per heavy atom. The second kappa shape index (κ2) is 4.94. The van der Waals surface area contributed by atoms with E-state index in [0.717, 1.165) is 12.8 Å². The zero-order valence-electron chi connectivity index (χ0n) is 9.32. The molecule has 17 heavy (non-hydrogen) atoms. The number of carbonyl (C=O) groups is 2. The monoisotopic (exact) mass is 238 g/mol. The molecule has 0 atom stereocenters. The first kappa shape index (κ1) is 11.6. The molecule has 1 amide bonds. The Labute approximate surface area is 98.0 Å². The van der Waals surface area contributed by atoms with Gasteiger partial charge in [-0.2, -0.15) is 0 Å². The summed E-state index contributed by atoms with van der Waals surface area (Å²) in [5.41, 5.74) is 0. The molecule has 0 aromatic carbocycles. The predicted molar refractivity (Wildman–Crippen MR) is 57.0 cm³/mol. The van der Waals surface area contributed by atoms with E-state index >= 15 is 0 Å². The van der Waals surface area contributed by atoms with E-state index in [1.165, 1.54) is 4.90 Å². The van der Waals surface area contributed by atoms with Gasteiger partial charge in [-0.3, -0.25) is 14.3 Å². The Morgan fingerprint density at radius 2 is 2.24 bits per heavy atom. The van der Waals surface area contributed by atoms with Crippen molar-refractivity contribution in [2.24, 2.45) is 0 Å². The Morgan fingerprint density at radius 1 is 1.47 bits per heavy atom. The van der Waals surface area contributed by atoms with Crippen molar-refractivity contribution in [3.05, 3.63) is 12.4 Å². The molecular formula is C10H14N4O3. The van der Waals surface area contributed by atoms with E-state index in [4.69, 9.17) is 5.11 Å². The lowest BCUT2D eigenvalue weighted by atomic mass is 10.3. The van der Waals surface area contributed by atoms with Crippen LogP contribution in [0, 0.1) is 0 Å². The van der Waals surface area contributed by atoms with Crippen molar-refractivity contribution in [2.45, 2.75) is 31.8 Å². The van der Waals surface area contributed by atoms with E-state index in [0.29, 0.717) is 6.54 Å². The molecule has 0 spiro atoms. The summed E-state index contributed by atoms with van der Waals surface area (Å²) in [5, 5.41) is 16.1. The van der Waals surface area contributed by atoms with Crippen molar-refractivity contribution < 1.29 is 14.7 Å². The van der Waals surface area contributed by atoms with Crippen LogP contribution in [0.1, 0.15) is 19.3 Å². The molecule has 1 aliphatic rings. The van der Waals surface area contributed by atoms with Crippen LogP contribution in [0.2, 0.25) is 0 Å². The molecule has 1 N–H and O–H groups in total. The van der Waals surface area contributed by atoms with Gasteiger partial charge in [0.25, 0.3) is 0 Å². The molecule has 2 rings (SSSR count). The number of aliphatic carboxylic acids is 1. The molecular weight excluding hydrogens is 224 g/mol. The lowest BCUT2D eigenvalue weighted by Gasteiger charge is -2.19. The topological polar surface area (TPSA) is 88.3 Å². The number of amides is 1. The van der Waals surface area contributed by atoms with Crippen LogP contribution in [0.4, 0.5) is 0 Å². The molecule has 1 heterocycles. The first-order valence-electron chi connectivity index (χ1n) is 5.52. The van der Waals surface area contributed by atoms with Gasteiger partial charge in [-0.25, -0.2) is 0 Å². The average Bonchev–Trinajstić information content (AvgIpc) is 2.99. The maximum Gasteiger partial charge on any atom is 0.323 e. The maximum absolute atomic E-state index is 11.9. The van der Waals surface area contributed by atoms with Gasteiger partial charge in [0, 0.05) is 18.7 Å². The third-order valence-corrected chi connectivity index (χ3v) is 2.64. The van der Waals surface area contributed by atoms with Crippen LogP contribution in [0.3, 0.4) is 0 Å². The van der Waals surface area contributed by atoms with E-state index in [2.05, 4.69) is 10.3 Å². The lowest BCUT2D eigenvalue weighted by Crippen LogP contribution is -2.37. The molecule has 0 bridgehead atoms. The van der Waals surface area contributed by atoms with Crippen LogP contribution in [-0.4, -0.2) is 49.5 Å². The summed E-state index contributed by atoms with van der Waals surface area (Å²) >= 11 is 0. The van der Waals surface area contributed by atoms with E-state index in [-0.39, 0.29) is 24.9 Å². The highest BCUT2D eigenvalue weighted by molar-refractivity contribution is 5.81. The summed E-state index contributed by atoms with van der Waals surface area (Å²) in [7, 11) is 0. The molecule has 1 aromatic heterocycles. The van der Waals surface area contributed by atoms with E-state index in [1.807, 2.05) is 0 Å². The lowest BCUT2D eigenvalue weighted by molar-refractivity contribution is -0.145. The summed E-state index contributed by atoms with van der Waals surface area (Å²) in [6.45, 7) is 0.225. The third kappa shape index (κ3) is 3.27. The molecule has 1 fully saturated rings. The second-order valence-corrected chi connectivity index (χ2v) is 4.06. The highest BCUT2D eigenvalue weighted by Crippen LogP contribution is 2.27. The number of hydrogen-bond acceptors (Lipinski definition) is 4. The molecule has 7 nitrogen and oxygen atoms in total. The number of carboxylic acids is 1. The fourth-order valence-corrected chi connectivity index (χ4v) is 1.66. The van der Waals surface area contributed by atoms with E-state index in [1.54, 1.807) is 17.1 Å². The number of aryl methyl sites for hydroxylation is 1. The molecule has 1 aromatic rings. The summed E-state index contributed by atoms with van der Waals surface area (Å²) in [5.74, 6) is -1.10. The Hall–Kier alpha value is -1.92. The molecule has 7 heteroatoms. The quantitative estimate of drug-likeness (QED) is 0.737. The van der Waals surface area contributed by atoms with Gasteiger partial charge in [-0.05, 0) is 12.8 Å². The Kier molecular flexibility index (Phi) is 3.36. The highest BCUT2D eigenvalue weighted by Gasteiger charge is 2.33. The number of carbonyl (C=O) groups excluding carboxylic acids is 1. The van der Waals surface area contributed by atoms with Gasteiger partial charge in [-0.15, -0.1) is 5.10 Å². The fourth-order valence-electron chi connectivity index (χ4n) is 1.66. The van der Waals surface area contributed by atoms with E-state index in [9.17, 15) is 9.59 Å². The minimum atomic E-state index is -0.967. The van der Waals surface area contributed by atoms with Crippen LogP contribution >= 0.6 is 0 Å². The average molecular weight is 238 g/mol. The van der Waals surface area contributed by atoms with Crippen LogP contribution in [0.15, 0.2) is 12.4 Å². The number of aromatic nitrogens is 3. The van der Waals surface area contributed by atoms with Crippen molar-refractivity contribution in [1.29, 1.82) is 0 Å². The summed E-state index contributed by atoms with van der Waals surface area (Å²) in [6.07, 6.45) is 5.28. The summed E-state index contributed by atoms with van der Waals surface area (Å²) in [6, 6.07) is 0.120. The minimum absolute atomic E-state index is 0.120. The van der Waals surface area contributed by atoms with Crippen molar-refractivity contribution in [3.63, 3.8) is 0 Å². The first-order valence-corrected chi connectivity index (χ1v) is 5.52. The summed E-state index contributed by atoms with van der Waals surface area (Å²) in [4.78, 5) is 24.0. The molecule has 0 radical (unpaired) electrons. The number of nitrogens with zero attached hydrogens (tertiary/aromatic N) is 4. The smallest absolute Gasteiger partial charge is 0.323 e. The number of rotatable bonds is 6. The third-order valence-electron chi connectivity index (χ3n) is 2.64. The Bertz CT molecular complexity index is 400. The normalized spacial score (nSPS) is 14.6. The van der Waals surface area contributed by atoms with Gasteiger partial charge >= 0.3 is 5.97 Å². The zero-order chi connectivity index (χ0) is 12.3. The van der Waals surface area contributed by atoms with Crippen molar-refractivity contribution in [2.75, 3.05) is 6.54 Å². The van der Waals surface area contributed by atoms with Gasteiger partial charge in [0.1, 0.15) is 6.54 Å². The van der Waals surface area contributed by atoms with Gasteiger partial charge in [0.15, 0.2) is 0 Å². The number of carboxylic acid groups (broad SMARTS) is 1. The van der Waals surface area contributed by atoms with Gasteiger partial charge in [-0.1, -0.05) is 5.21 Å². The minimum Gasteiger partial charge on any atom is -0.480 e. The standard InChI is InChI=1S/C10H14N4O3/c15-9(3-5-13-6-4-11-12-13)14(7-10(16)17)8-1-2-8/h4,6,8H,1-3,5,7H2,(H,16,17). The van der Waals surface area contributed by atoms with Crippen LogP contribution in [-0.2, 0) is 16.1 Å². The fraction of sp³-hybridized carbons (Fsp3) is 0.600.